The molecule has 1 amide bonds. The van der Waals surface area contributed by atoms with Crippen LogP contribution < -0.4 is 5.32 Å². The van der Waals surface area contributed by atoms with Gasteiger partial charge in [-0.3, -0.25) is 10.1 Å². The molecule has 2 saturated carbocycles. The normalized spacial score (nSPS) is 28.3. The fourth-order valence-corrected chi connectivity index (χ4v) is 3.87. The van der Waals surface area contributed by atoms with Crippen molar-refractivity contribution in [2.45, 2.75) is 62.7 Å². The maximum Gasteiger partial charge on any atom is 0.244 e. The molecule has 1 N–H and O–H groups in total. The molecule has 3 fully saturated rings. The summed E-state index contributed by atoms with van der Waals surface area (Å²) in [5, 5.41) is 3.53. The van der Waals surface area contributed by atoms with Crippen LogP contribution in [0.4, 0.5) is 4.39 Å². The lowest BCUT2D eigenvalue weighted by atomic mass is 9.93. The predicted molar refractivity (Wildman–Crippen MR) is 78.0 cm³/mol. The van der Waals surface area contributed by atoms with Gasteiger partial charge in [0.2, 0.25) is 5.91 Å². The Morgan fingerprint density at radius 1 is 1.10 bits per heavy atom. The standard InChI is InChI=1S/C17H21FN2O/c18-13-8-6-12(7-9-13)15-19-17(10-11-17)16(21)20(15)14-4-2-1-3-5-14/h6-9,14-15,19H,1-5,10-11H2. The number of benzene rings is 1. The molecule has 1 spiro atoms. The van der Waals surface area contributed by atoms with Crippen LogP contribution >= 0.6 is 0 Å². The predicted octanol–water partition coefficient (Wildman–Crippen LogP) is 3.12. The molecule has 1 atom stereocenters. The molecular weight excluding hydrogens is 267 g/mol. The van der Waals surface area contributed by atoms with E-state index in [1.54, 1.807) is 12.1 Å². The summed E-state index contributed by atoms with van der Waals surface area (Å²) in [6, 6.07) is 6.92. The zero-order valence-corrected chi connectivity index (χ0v) is 12.1. The van der Waals surface area contributed by atoms with E-state index in [2.05, 4.69) is 10.2 Å². The number of carbonyl (C=O) groups is 1. The summed E-state index contributed by atoms with van der Waals surface area (Å²) in [5.41, 5.74) is 0.690. The van der Waals surface area contributed by atoms with Gasteiger partial charge in [-0.25, -0.2) is 4.39 Å². The summed E-state index contributed by atoms with van der Waals surface area (Å²) < 4.78 is 13.2. The second kappa shape index (κ2) is 4.80. The second-order valence-electron chi connectivity index (χ2n) is 6.68. The molecule has 4 heteroatoms. The third kappa shape index (κ3) is 2.16. The molecule has 3 aliphatic rings. The highest BCUT2D eigenvalue weighted by molar-refractivity contribution is 5.92. The lowest BCUT2D eigenvalue weighted by Gasteiger charge is -2.35. The van der Waals surface area contributed by atoms with Crippen LogP contribution in [0.1, 0.15) is 56.7 Å². The average molecular weight is 288 g/mol. The van der Waals surface area contributed by atoms with Crippen molar-refractivity contribution in [2.24, 2.45) is 0 Å². The van der Waals surface area contributed by atoms with E-state index in [1.807, 2.05) is 0 Å². The van der Waals surface area contributed by atoms with Gasteiger partial charge in [0.1, 0.15) is 17.5 Å². The first-order chi connectivity index (χ1) is 10.2. The summed E-state index contributed by atoms with van der Waals surface area (Å²) in [6.07, 6.45) is 7.68. The summed E-state index contributed by atoms with van der Waals surface area (Å²) in [6.45, 7) is 0. The van der Waals surface area contributed by atoms with E-state index in [9.17, 15) is 9.18 Å². The number of hydrogen-bond acceptors (Lipinski definition) is 2. The van der Waals surface area contributed by atoms with Gasteiger partial charge in [0.15, 0.2) is 0 Å². The minimum atomic E-state index is -0.309. The quantitative estimate of drug-likeness (QED) is 0.907. The molecule has 1 aromatic rings. The first-order valence-electron chi connectivity index (χ1n) is 8.06. The van der Waals surface area contributed by atoms with Crippen LogP contribution in [-0.4, -0.2) is 22.4 Å². The Kier molecular flexibility index (Phi) is 3.03. The van der Waals surface area contributed by atoms with Crippen molar-refractivity contribution in [3.05, 3.63) is 35.6 Å². The topological polar surface area (TPSA) is 32.3 Å². The number of halogens is 1. The zero-order valence-electron chi connectivity index (χ0n) is 12.1. The van der Waals surface area contributed by atoms with Gasteiger partial charge in [0.05, 0.1) is 0 Å². The average Bonchev–Trinajstić information content (AvgIpc) is 3.23. The van der Waals surface area contributed by atoms with Gasteiger partial charge in [-0.05, 0) is 43.4 Å². The van der Waals surface area contributed by atoms with Gasteiger partial charge in [0.25, 0.3) is 0 Å². The van der Waals surface area contributed by atoms with Gasteiger partial charge >= 0.3 is 0 Å². The summed E-state index contributed by atoms with van der Waals surface area (Å²) >= 11 is 0. The van der Waals surface area contributed by atoms with Gasteiger partial charge in [-0.15, -0.1) is 0 Å². The van der Waals surface area contributed by atoms with Crippen molar-refractivity contribution in [3.63, 3.8) is 0 Å². The Labute approximate surface area is 124 Å². The zero-order chi connectivity index (χ0) is 14.4. The van der Waals surface area contributed by atoms with Crippen LogP contribution in [0.3, 0.4) is 0 Å². The first-order valence-corrected chi connectivity index (χ1v) is 8.06. The number of nitrogens with one attached hydrogen (secondary N) is 1. The van der Waals surface area contributed by atoms with Crippen molar-refractivity contribution in [2.75, 3.05) is 0 Å². The highest BCUT2D eigenvalue weighted by Gasteiger charge is 2.60. The van der Waals surface area contributed by atoms with Gasteiger partial charge in [-0.1, -0.05) is 31.4 Å². The highest BCUT2D eigenvalue weighted by atomic mass is 19.1. The monoisotopic (exact) mass is 288 g/mol. The molecule has 1 saturated heterocycles. The van der Waals surface area contributed by atoms with E-state index < -0.39 is 0 Å². The molecule has 0 bridgehead atoms. The van der Waals surface area contributed by atoms with Crippen LogP contribution in [0.5, 0.6) is 0 Å². The van der Waals surface area contributed by atoms with E-state index in [1.165, 1.54) is 31.4 Å². The molecule has 4 rings (SSSR count). The van der Waals surface area contributed by atoms with Gasteiger partial charge in [0, 0.05) is 6.04 Å². The maximum absolute atomic E-state index is 13.2. The van der Waals surface area contributed by atoms with Gasteiger partial charge in [-0.2, -0.15) is 0 Å². The third-order valence-electron chi connectivity index (χ3n) is 5.24. The van der Waals surface area contributed by atoms with Crippen molar-refractivity contribution < 1.29 is 9.18 Å². The van der Waals surface area contributed by atoms with Crippen LogP contribution in [0.2, 0.25) is 0 Å². The Morgan fingerprint density at radius 3 is 2.38 bits per heavy atom. The van der Waals surface area contributed by atoms with Crippen molar-refractivity contribution >= 4 is 5.91 Å². The molecule has 112 valence electrons. The van der Waals surface area contributed by atoms with Gasteiger partial charge < -0.3 is 4.90 Å². The molecule has 1 aliphatic heterocycles. The van der Waals surface area contributed by atoms with E-state index >= 15 is 0 Å². The van der Waals surface area contributed by atoms with Crippen molar-refractivity contribution in [3.8, 4) is 0 Å². The Bertz CT molecular complexity index is 546. The van der Waals surface area contributed by atoms with Crippen LogP contribution in [0.15, 0.2) is 24.3 Å². The van der Waals surface area contributed by atoms with Crippen LogP contribution in [-0.2, 0) is 4.79 Å². The summed E-state index contributed by atoms with van der Waals surface area (Å²) in [7, 11) is 0. The minimum Gasteiger partial charge on any atom is -0.318 e. The lowest BCUT2D eigenvalue weighted by molar-refractivity contribution is -0.133. The van der Waals surface area contributed by atoms with Crippen LogP contribution in [0, 0.1) is 5.82 Å². The molecule has 1 heterocycles. The second-order valence-corrected chi connectivity index (χ2v) is 6.68. The van der Waals surface area contributed by atoms with Crippen molar-refractivity contribution in [1.82, 2.24) is 10.2 Å². The molecule has 1 aromatic carbocycles. The SMILES string of the molecule is O=C1N(C2CCCCC2)C(c2ccc(F)cc2)NC12CC2. The lowest BCUT2D eigenvalue weighted by Crippen LogP contribution is -2.41. The van der Waals surface area contributed by atoms with E-state index in [0.717, 1.165) is 31.2 Å². The van der Waals surface area contributed by atoms with E-state index in [4.69, 9.17) is 0 Å². The summed E-state index contributed by atoms with van der Waals surface area (Å²) in [5.74, 6) is 0.0390. The molecule has 2 aliphatic carbocycles. The highest BCUT2D eigenvalue weighted by Crippen LogP contribution is 2.48. The summed E-state index contributed by atoms with van der Waals surface area (Å²) in [4.78, 5) is 14.9. The molecule has 3 nitrogen and oxygen atoms in total. The molecule has 1 unspecified atom stereocenters. The van der Waals surface area contributed by atoms with E-state index in [0.29, 0.717) is 6.04 Å². The number of rotatable bonds is 2. The first kappa shape index (κ1) is 13.3. The third-order valence-corrected chi connectivity index (χ3v) is 5.24. The Hall–Kier alpha value is -1.42. The molecule has 0 radical (unpaired) electrons. The number of nitrogens with zero attached hydrogens (tertiary/aromatic N) is 1. The minimum absolute atomic E-state index is 0.0799. The number of hydrogen-bond donors (Lipinski definition) is 1. The van der Waals surface area contributed by atoms with E-state index in [-0.39, 0.29) is 23.4 Å². The fraction of sp³-hybridized carbons (Fsp3) is 0.588. The Morgan fingerprint density at radius 2 is 1.76 bits per heavy atom. The van der Waals surface area contributed by atoms with Crippen molar-refractivity contribution in [1.29, 1.82) is 0 Å². The molecular formula is C17H21FN2O. The fourth-order valence-electron chi connectivity index (χ4n) is 3.87. The number of amides is 1. The van der Waals surface area contributed by atoms with Crippen LogP contribution in [0.25, 0.3) is 0 Å². The smallest absolute Gasteiger partial charge is 0.244 e. The molecule has 0 aromatic heterocycles. The maximum atomic E-state index is 13.2. The largest absolute Gasteiger partial charge is 0.318 e. The molecule has 21 heavy (non-hydrogen) atoms. The number of carbonyl (C=O) groups excluding carboxylic acids is 1. The Balaban J connectivity index is 1.66.